The van der Waals surface area contributed by atoms with Gasteiger partial charge in [0.2, 0.25) is 5.91 Å². The smallest absolute Gasteiger partial charge is 0.216 e. The number of hydrogen-bond donors (Lipinski definition) is 3. The number of carbonyl (C=O) groups is 1. The van der Waals surface area contributed by atoms with Gasteiger partial charge in [-0.25, -0.2) is 4.63 Å². The average molecular weight is 396 g/mol. The first-order valence-electron chi connectivity index (χ1n) is 8.05. The molecule has 138 valence electrons. The topological polar surface area (TPSA) is 113 Å². The number of halogens is 1. The fourth-order valence-electron chi connectivity index (χ4n) is 2.83. The molecule has 3 rings (SSSR count). The van der Waals surface area contributed by atoms with Crippen LogP contribution in [0.3, 0.4) is 0 Å². The van der Waals surface area contributed by atoms with E-state index in [1.54, 1.807) is 0 Å². The van der Waals surface area contributed by atoms with Crippen molar-refractivity contribution in [1.82, 2.24) is 20.9 Å². The summed E-state index contributed by atoms with van der Waals surface area (Å²) >= 11 is 7.45. The lowest BCUT2D eigenvalue weighted by molar-refractivity contribution is -0.118. The number of aromatic nitrogens is 2. The molecular weight excluding hydrogens is 378 g/mol. The van der Waals surface area contributed by atoms with E-state index >= 15 is 0 Å². The van der Waals surface area contributed by atoms with E-state index in [2.05, 4.69) is 26.1 Å². The van der Waals surface area contributed by atoms with E-state index in [0.717, 1.165) is 18.4 Å². The van der Waals surface area contributed by atoms with E-state index in [-0.39, 0.29) is 17.8 Å². The van der Waals surface area contributed by atoms with Gasteiger partial charge >= 0.3 is 0 Å². The number of nitrogens with zero attached hydrogens (tertiary/aromatic N) is 3. The van der Waals surface area contributed by atoms with Crippen LogP contribution in [0.1, 0.15) is 36.2 Å². The highest BCUT2D eigenvalue weighted by atomic mass is 35.5. The number of oxime groups is 1. The number of amides is 1. The quantitative estimate of drug-likeness (QED) is 0.172. The van der Waals surface area contributed by atoms with Gasteiger partial charge in [0.1, 0.15) is 0 Å². The SMILES string of the molecule is CC(=O)NCCSc1nonc1/C(=N/O)NC1CCc2ccc(Cl)cc21. The van der Waals surface area contributed by atoms with Crippen LogP contribution < -0.4 is 10.6 Å². The first-order chi connectivity index (χ1) is 12.6. The maximum absolute atomic E-state index is 10.9. The van der Waals surface area contributed by atoms with Gasteiger partial charge in [-0.15, -0.1) is 0 Å². The standard InChI is InChI=1S/C16H18ClN5O3S/c1-9(23)18-6-7-26-16-14(21-25-22-16)15(20-24)19-13-5-3-10-2-4-11(17)8-12(10)13/h2,4,8,13,24H,3,5-7H2,1H3,(H,18,23)(H,19,20). The molecule has 0 radical (unpaired) electrons. The molecule has 0 saturated carbocycles. The second-order valence-electron chi connectivity index (χ2n) is 5.78. The Balaban J connectivity index is 1.69. The highest BCUT2D eigenvalue weighted by molar-refractivity contribution is 7.99. The summed E-state index contributed by atoms with van der Waals surface area (Å²) in [5.74, 6) is 0.675. The molecule has 0 fully saturated rings. The van der Waals surface area contributed by atoms with Gasteiger partial charge in [0, 0.05) is 24.2 Å². The monoisotopic (exact) mass is 395 g/mol. The fourth-order valence-corrected chi connectivity index (χ4v) is 3.76. The van der Waals surface area contributed by atoms with E-state index in [0.29, 0.717) is 28.0 Å². The van der Waals surface area contributed by atoms with Crippen molar-refractivity contribution in [3.05, 3.63) is 40.0 Å². The zero-order valence-corrected chi connectivity index (χ0v) is 15.6. The van der Waals surface area contributed by atoms with Gasteiger partial charge in [-0.1, -0.05) is 34.6 Å². The van der Waals surface area contributed by atoms with E-state index in [1.807, 2.05) is 18.2 Å². The third kappa shape index (κ3) is 4.28. The maximum Gasteiger partial charge on any atom is 0.216 e. The van der Waals surface area contributed by atoms with Crippen LogP contribution in [0.25, 0.3) is 0 Å². The minimum Gasteiger partial charge on any atom is -0.409 e. The number of thioether (sulfide) groups is 1. The lowest BCUT2D eigenvalue weighted by Gasteiger charge is -2.15. The summed E-state index contributed by atoms with van der Waals surface area (Å²) in [5.41, 5.74) is 2.62. The Morgan fingerprint density at radius 3 is 3.12 bits per heavy atom. The largest absolute Gasteiger partial charge is 0.409 e. The summed E-state index contributed by atoms with van der Waals surface area (Å²) in [5, 5.41) is 27.5. The van der Waals surface area contributed by atoms with E-state index in [9.17, 15) is 10.0 Å². The number of amidine groups is 1. The van der Waals surface area contributed by atoms with Gasteiger partial charge in [0.15, 0.2) is 16.6 Å². The van der Waals surface area contributed by atoms with Crippen molar-refractivity contribution in [3.63, 3.8) is 0 Å². The molecule has 1 heterocycles. The number of aryl methyl sites for hydroxylation is 1. The zero-order valence-electron chi connectivity index (χ0n) is 14.0. The number of nitrogens with one attached hydrogen (secondary N) is 2. The van der Waals surface area contributed by atoms with Crippen LogP contribution in [0.2, 0.25) is 5.02 Å². The molecule has 10 heteroatoms. The number of hydrogen-bond acceptors (Lipinski definition) is 7. The molecule has 1 aliphatic carbocycles. The number of rotatable bonds is 6. The fraction of sp³-hybridized carbons (Fsp3) is 0.375. The van der Waals surface area contributed by atoms with Crippen molar-refractivity contribution < 1.29 is 14.6 Å². The maximum atomic E-state index is 10.9. The molecule has 2 aromatic rings. The Morgan fingerprint density at radius 2 is 2.35 bits per heavy atom. The molecule has 26 heavy (non-hydrogen) atoms. The van der Waals surface area contributed by atoms with Gasteiger partial charge in [-0.3, -0.25) is 4.79 Å². The van der Waals surface area contributed by atoms with Crippen molar-refractivity contribution in [1.29, 1.82) is 0 Å². The molecular formula is C16H18ClN5O3S. The highest BCUT2D eigenvalue weighted by Gasteiger charge is 2.26. The van der Waals surface area contributed by atoms with Gasteiger partial charge < -0.3 is 15.8 Å². The molecule has 3 N–H and O–H groups in total. The third-order valence-electron chi connectivity index (χ3n) is 3.99. The van der Waals surface area contributed by atoms with Crippen LogP contribution >= 0.6 is 23.4 Å². The Kier molecular flexibility index (Phi) is 6.00. The summed E-state index contributed by atoms with van der Waals surface area (Å²) < 4.78 is 4.80. The summed E-state index contributed by atoms with van der Waals surface area (Å²) in [6.07, 6.45) is 1.77. The zero-order chi connectivity index (χ0) is 18.5. The summed E-state index contributed by atoms with van der Waals surface area (Å²) in [6, 6.07) is 5.76. The molecule has 0 saturated heterocycles. The van der Waals surface area contributed by atoms with Gasteiger partial charge in [0.25, 0.3) is 0 Å². The molecule has 1 unspecified atom stereocenters. The highest BCUT2D eigenvalue weighted by Crippen LogP contribution is 2.33. The molecule has 8 nitrogen and oxygen atoms in total. The van der Waals surface area contributed by atoms with Crippen molar-refractivity contribution in [2.45, 2.75) is 30.8 Å². The van der Waals surface area contributed by atoms with Gasteiger partial charge in [-0.05, 0) is 46.4 Å². The van der Waals surface area contributed by atoms with Gasteiger partial charge in [-0.2, -0.15) is 0 Å². The van der Waals surface area contributed by atoms with Crippen LogP contribution in [0.5, 0.6) is 0 Å². The number of fused-ring (bicyclic) bond motifs is 1. The van der Waals surface area contributed by atoms with Crippen molar-refractivity contribution >= 4 is 35.1 Å². The molecule has 1 aromatic heterocycles. The predicted molar refractivity (Wildman–Crippen MR) is 97.7 cm³/mol. The third-order valence-corrected chi connectivity index (χ3v) is 5.18. The molecule has 1 amide bonds. The summed E-state index contributed by atoms with van der Waals surface area (Å²) in [7, 11) is 0. The first-order valence-corrected chi connectivity index (χ1v) is 9.42. The van der Waals surface area contributed by atoms with E-state index in [4.69, 9.17) is 16.2 Å². The number of benzene rings is 1. The lowest BCUT2D eigenvalue weighted by atomic mass is 10.1. The van der Waals surface area contributed by atoms with Crippen LogP contribution in [0.15, 0.2) is 33.0 Å². The van der Waals surface area contributed by atoms with Crippen molar-refractivity contribution in [2.75, 3.05) is 12.3 Å². The van der Waals surface area contributed by atoms with Crippen molar-refractivity contribution in [2.24, 2.45) is 5.16 Å². The van der Waals surface area contributed by atoms with Crippen molar-refractivity contribution in [3.8, 4) is 0 Å². The molecule has 0 bridgehead atoms. The van der Waals surface area contributed by atoms with Crippen LogP contribution in [-0.4, -0.2) is 39.6 Å². The minimum atomic E-state index is -0.0954. The Morgan fingerprint density at radius 1 is 1.50 bits per heavy atom. The molecule has 1 aliphatic rings. The van der Waals surface area contributed by atoms with E-state index in [1.165, 1.54) is 24.2 Å². The first kappa shape index (κ1) is 18.5. The Hall–Kier alpha value is -2.26. The average Bonchev–Trinajstić information content (AvgIpc) is 3.23. The predicted octanol–water partition coefficient (Wildman–Crippen LogP) is 2.36. The molecule has 1 aromatic carbocycles. The Labute approximate surface area is 159 Å². The van der Waals surface area contributed by atoms with Crippen LogP contribution in [0.4, 0.5) is 0 Å². The lowest BCUT2D eigenvalue weighted by Crippen LogP contribution is -2.29. The van der Waals surface area contributed by atoms with E-state index < -0.39 is 0 Å². The van der Waals surface area contributed by atoms with Crippen LogP contribution in [0, 0.1) is 0 Å². The van der Waals surface area contributed by atoms with Crippen LogP contribution in [-0.2, 0) is 11.2 Å². The summed E-state index contributed by atoms with van der Waals surface area (Å²) in [6.45, 7) is 1.94. The second-order valence-corrected chi connectivity index (χ2v) is 7.30. The molecule has 0 spiro atoms. The molecule has 0 aliphatic heterocycles. The number of carbonyl (C=O) groups excluding carboxylic acids is 1. The molecule has 1 atom stereocenters. The summed E-state index contributed by atoms with van der Waals surface area (Å²) in [4.78, 5) is 10.9. The normalized spacial score (nSPS) is 16.4. The second kappa shape index (κ2) is 8.41. The Bertz CT molecular complexity index is 826. The minimum absolute atomic E-state index is 0.0384. The van der Waals surface area contributed by atoms with Gasteiger partial charge in [0.05, 0.1) is 6.04 Å².